The fourth-order valence-corrected chi connectivity index (χ4v) is 4.26. The molecule has 1 aromatic heterocycles. The average molecular weight is 401 g/mol. The Bertz CT molecular complexity index is 755. The summed E-state index contributed by atoms with van der Waals surface area (Å²) in [7, 11) is 0. The SMILES string of the molecule is NC(=O)N[C@@H](CC(=O)NCc1ccc(CN2CCCCC2)cc1)c1cccs1. The van der Waals surface area contributed by atoms with Crippen molar-refractivity contribution in [3.05, 3.63) is 57.8 Å². The van der Waals surface area contributed by atoms with Gasteiger partial charge in [-0.3, -0.25) is 9.69 Å². The molecule has 1 atom stereocenters. The van der Waals surface area contributed by atoms with Gasteiger partial charge in [-0.05, 0) is 48.5 Å². The first kappa shape index (κ1) is 20.4. The predicted molar refractivity (Wildman–Crippen MR) is 112 cm³/mol. The highest BCUT2D eigenvalue weighted by atomic mass is 32.1. The van der Waals surface area contributed by atoms with Crippen molar-refractivity contribution in [2.45, 2.75) is 44.8 Å². The highest BCUT2D eigenvalue weighted by Crippen LogP contribution is 2.22. The van der Waals surface area contributed by atoms with Crippen LogP contribution in [0.25, 0.3) is 0 Å². The zero-order valence-corrected chi connectivity index (χ0v) is 16.8. The molecule has 3 rings (SSSR count). The van der Waals surface area contributed by atoms with Crippen LogP contribution in [-0.4, -0.2) is 29.9 Å². The Kier molecular flexibility index (Phi) is 7.45. The standard InChI is InChI=1S/C21H28N4O2S/c22-21(27)24-18(19-5-4-12-28-19)13-20(26)23-14-16-6-8-17(9-7-16)15-25-10-2-1-3-11-25/h4-9,12,18H,1-3,10-11,13-15H2,(H,23,26)(H3,22,24,27)/t18-/m0/s1. The van der Waals surface area contributed by atoms with E-state index in [1.807, 2.05) is 17.5 Å². The molecule has 0 saturated carbocycles. The second-order valence-electron chi connectivity index (χ2n) is 7.21. The maximum absolute atomic E-state index is 12.3. The summed E-state index contributed by atoms with van der Waals surface area (Å²) in [5.41, 5.74) is 7.61. The van der Waals surface area contributed by atoms with Crippen molar-refractivity contribution in [3.63, 3.8) is 0 Å². The fraction of sp³-hybridized carbons (Fsp3) is 0.429. The zero-order valence-electron chi connectivity index (χ0n) is 16.0. The van der Waals surface area contributed by atoms with Crippen LogP contribution in [0.15, 0.2) is 41.8 Å². The molecule has 28 heavy (non-hydrogen) atoms. The van der Waals surface area contributed by atoms with E-state index in [2.05, 4.69) is 39.8 Å². The third-order valence-electron chi connectivity index (χ3n) is 4.96. The summed E-state index contributed by atoms with van der Waals surface area (Å²) in [6.07, 6.45) is 4.09. The number of rotatable bonds is 8. The third-order valence-corrected chi connectivity index (χ3v) is 5.95. The topological polar surface area (TPSA) is 87.5 Å². The minimum atomic E-state index is -0.629. The molecular formula is C21H28N4O2S. The Balaban J connectivity index is 1.47. The summed E-state index contributed by atoms with van der Waals surface area (Å²) >= 11 is 1.49. The smallest absolute Gasteiger partial charge is 0.312 e. The summed E-state index contributed by atoms with van der Waals surface area (Å²) in [6, 6.07) is 11.2. The summed E-state index contributed by atoms with van der Waals surface area (Å²) < 4.78 is 0. The molecule has 0 spiro atoms. The first-order valence-electron chi connectivity index (χ1n) is 9.76. The highest BCUT2D eigenvalue weighted by molar-refractivity contribution is 7.10. The molecule has 7 heteroatoms. The van der Waals surface area contributed by atoms with E-state index in [-0.39, 0.29) is 12.3 Å². The van der Waals surface area contributed by atoms with Crippen molar-refractivity contribution in [2.24, 2.45) is 5.73 Å². The van der Waals surface area contributed by atoms with Crippen molar-refractivity contribution in [3.8, 4) is 0 Å². The van der Waals surface area contributed by atoms with Crippen molar-refractivity contribution in [2.75, 3.05) is 13.1 Å². The monoisotopic (exact) mass is 400 g/mol. The second-order valence-corrected chi connectivity index (χ2v) is 8.19. The molecule has 1 aliphatic heterocycles. The van der Waals surface area contributed by atoms with E-state index in [0.717, 1.165) is 17.0 Å². The van der Waals surface area contributed by atoms with Crippen LogP contribution in [-0.2, 0) is 17.9 Å². The lowest BCUT2D eigenvalue weighted by Gasteiger charge is -2.26. The number of nitrogens with two attached hydrogens (primary N) is 1. The van der Waals surface area contributed by atoms with Gasteiger partial charge >= 0.3 is 6.03 Å². The fourth-order valence-electron chi connectivity index (χ4n) is 3.48. The summed E-state index contributed by atoms with van der Waals surface area (Å²) in [5.74, 6) is -0.121. The number of benzene rings is 1. The van der Waals surface area contributed by atoms with Gasteiger partial charge in [-0.1, -0.05) is 36.8 Å². The molecule has 1 aliphatic rings. The minimum Gasteiger partial charge on any atom is -0.352 e. The van der Waals surface area contributed by atoms with Gasteiger partial charge in [0, 0.05) is 18.0 Å². The number of urea groups is 1. The van der Waals surface area contributed by atoms with E-state index in [1.165, 1.54) is 49.3 Å². The van der Waals surface area contributed by atoms with Crippen LogP contribution in [0.2, 0.25) is 0 Å². The quantitative estimate of drug-likeness (QED) is 0.636. The number of nitrogens with zero attached hydrogens (tertiary/aromatic N) is 1. The van der Waals surface area contributed by atoms with Crippen LogP contribution < -0.4 is 16.4 Å². The molecule has 6 nitrogen and oxygen atoms in total. The van der Waals surface area contributed by atoms with Crippen LogP contribution in [0.5, 0.6) is 0 Å². The van der Waals surface area contributed by atoms with Crippen LogP contribution in [0.3, 0.4) is 0 Å². The van der Waals surface area contributed by atoms with Gasteiger partial charge in [0.1, 0.15) is 0 Å². The summed E-state index contributed by atoms with van der Waals surface area (Å²) in [6.45, 7) is 3.83. The maximum Gasteiger partial charge on any atom is 0.312 e. The highest BCUT2D eigenvalue weighted by Gasteiger charge is 2.18. The summed E-state index contributed by atoms with van der Waals surface area (Å²) in [4.78, 5) is 27.0. The largest absolute Gasteiger partial charge is 0.352 e. The molecule has 3 amide bonds. The lowest BCUT2D eigenvalue weighted by atomic mass is 10.1. The van der Waals surface area contributed by atoms with E-state index in [4.69, 9.17) is 5.73 Å². The number of hydrogen-bond acceptors (Lipinski definition) is 4. The Morgan fingerprint density at radius 3 is 2.43 bits per heavy atom. The van der Waals surface area contributed by atoms with E-state index in [1.54, 1.807) is 0 Å². The van der Waals surface area contributed by atoms with Crippen molar-refractivity contribution in [1.29, 1.82) is 0 Å². The molecule has 1 aromatic carbocycles. The zero-order chi connectivity index (χ0) is 19.8. The lowest BCUT2D eigenvalue weighted by Crippen LogP contribution is -2.36. The van der Waals surface area contributed by atoms with E-state index in [0.29, 0.717) is 6.54 Å². The van der Waals surface area contributed by atoms with Crippen LogP contribution >= 0.6 is 11.3 Å². The van der Waals surface area contributed by atoms with Gasteiger partial charge in [-0.15, -0.1) is 11.3 Å². The molecule has 2 heterocycles. The number of likely N-dealkylation sites (tertiary alicyclic amines) is 1. The first-order valence-corrected chi connectivity index (χ1v) is 10.6. The normalized spacial score (nSPS) is 15.7. The van der Waals surface area contributed by atoms with E-state index in [9.17, 15) is 9.59 Å². The van der Waals surface area contributed by atoms with Gasteiger partial charge < -0.3 is 16.4 Å². The molecule has 0 unspecified atom stereocenters. The van der Waals surface area contributed by atoms with Gasteiger partial charge in [0.25, 0.3) is 0 Å². The van der Waals surface area contributed by atoms with Crippen molar-refractivity contribution >= 4 is 23.3 Å². The lowest BCUT2D eigenvalue weighted by molar-refractivity contribution is -0.121. The number of carbonyl (C=O) groups is 2. The average Bonchev–Trinajstić information content (AvgIpc) is 3.22. The predicted octanol–water partition coefficient (Wildman–Crippen LogP) is 3.15. The molecule has 0 bridgehead atoms. The Hall–Kier alpha value is -2.38. The Labute approximate surface area is 170 Å². The second kappa shape index (κ2) is 10.2. The van der Waals surface area contributed by atoms with Crippen molar-refractivity contribution in [1.82, 2.24) is 15.5 Å². The molecule has 150 valence electrons. The van der Waals surface area contributed by atoms with Crippen LogP contribution in [0.4, 0.5) is 4.79 Å². The van der Waals surface area contributed by atoms with E-state index >= 15 is 0 Å². The van der Waals surface area contributed by atoms with E-state index < -0.39 is 12.1 Å². The van der Waals surface area contributed by atoms with Crippen LogP contribution in [0.1, 0.15) is 47.7 Å². The molecule has 2 aromatic rings. The Morgan fingerprint density at radius 1 is 1.07 bits per heavy atom. The molecule has 4 N–H and O–H groups in total. The van der Waals surface area contributed by atoms with Gasteiger partial charge in [-0.2, -0.15) is 0 Å². The number of carbonyl (C=O) groups excluding carboxylic acids is 2. The molecular weight excluding hydrogens is 372 g/mol. The Morgan fingerprint density at radius 2 is 1.79 bits per heavy atom. The van der Waals surface area contributed by atoms with Crippen LogP contribution in [0, 0.1) is 0 Å². The number of nitrogens with one attached hydrogen (secondary N) is 2. The number of amides is 3. The number of primary amides is 1. The van der Waals surface area contributed by atoms with Gasteiger partial charge in [0.15, 0.2) is 0 Å². The van der Waals surface area contributed by atoms with Crippen molar-refractivity contribution < 1.29 is 9.59 Å². The molecule has 1 fully saturated rings. The molecule has 0 radical (unpaired) electrons. The molecule has 1 saturated heterocycles. The first-order chi connectivity index (χ1) is 13.6. The number of piperidine rings is 1. The van der Waals surface area contributed by atoms with Gasteiger partial charge in [0.2, 0.25) is 5.91 Å². The van der Waals surface area contributed by atoms with Gasteiger partial charge in [-0.25, -0.2) is 4.79 Å². The maximum atomic E-state index is 12.3. The molecule has 0 aliphatic carbocycles. The summed E-state index contributed by atoms with van der Waals surface area (Å²) in [5, 5.41) is 7.48. The minimum absolute atomic E-state index is 0.121. The third kappa shape index (κ3) is 6.35. The van der Waals surface area contributed by atoms with Gasteiger partial charge in [0.05, 0.1) is 12.5 Å². The number of thiophene rings is 1. The number of hydrogen-bond donors (Lipinski definition) is 3.